The van der Waals surface area contributed by atoms with Gasteiger partial charge in [0.1, 0.15) is 0 Å². The van der Waals surface area contributed by atoms with Crippen molar-refractivity contribution in [3.63, 3.8) is 0 Å². The van der Waals surface area contributed by atoms with Crippen LogP contribution >= 0.6 is 0 Å². The lowest BCUT2D eigenvalue weighted by Gasteiger charge is -2.35. The van der Waals surface area contributed by atoms with E-state index < -0.39 is 0 Å². The number of amides is 1. The molecule has 0 saturated heterocycles. The minimum atomic E-state index is -0.0517. The fourth-order valence-electron chi connectivity index (χ4n) is 3.07. The summed E-state index contributed by atoms with van der Waals surface area (Å²) in [7, 11) is 0. The molecular formula is C15H25NO2. The highest BCUT2D eigenvalue weighted by Gasteiger charge is 2.42. The van der Waals surface area contributed by atoms with E-state index in [2.05, 4.69) is 13.5 Å². The zero-order valence-electron chi connectivity index (χ0n) is 11.5. The van der Waals surface area contributed by atoms with Crippen molar-refractivity contribution in [2.45, 2.75) is 45.4 Å². The fourth-order valence-corrected chi connectivity index (χ4v) is 3.07. The van der Waals surface area contributed by atoms with E-state index in [0.29, 0.717) is 12.0 Å². The van der Waals surface area contributed by atoms with Crippen molar-refractivity contribution in [3.8, 4) is 0 Å². The highest BCUT2D eigenvalue weighted by molar-refractivity contribution is 5.87. The first-order valence-corrected chi connectivity index (χ1v) is 7.05. The third kappa shape index (κ3) is 2.94. The molecule has 0 atom stereocenters. The topological polar surface area (TPSA) is 40.5 Å². The molecule has 0 aromatic heterocycles. The molecule has 0 heterocycles. The molecule has 0 aliphatic heterocycles. The Bertz CT molecular complexity index is 327. The van der Waals surface area contributed by atoms with Crippen LogP contribution in [0.5, 0.6) is 0 Å². The van der Waals surface area contributed by atoms with Gasteiger partial charge in [-0.2, -0.15) is 0 Å². The number of carbonyl (C=O) groups excluding carboxylic acids is 1. The van der Waals surface area contributed by atoms with E-state index >= 15 is 0 Å². The Kier molecular flexibility index (Phi) is 3.81. The summed E-state index contributed by atoms with van der Waals surface area (Å²) < 4.78 is 0. The Morgan fingerprint density at radius 1 is 1.28 bits per heavy atom. The van der Waals surface area contributed by atoms with Gasteiger partial charge in [0.15, 0.2) is 0 Å². The molecule has 0 aromatic carbocycles. The summed E-state index contributed by atoms with van der Waals surface area (Å²) in [6.45, 7) is 7.55. The van der Waals surface area contributed by atoms with Crippen LogP contribution in [0.3, 0.4) is 0 Å². The van der Waals surface area contributed by atoms with Gasteiger partial charge in [0, 0.05) is 18.5 Å². The molecule has 0 spiro atoms. The third-order valence-electron chi connectivity index (χ3n) is 4.69. The zero-order valence-corrected chi connectivity index (χ0v) is 11.5. The van der Waals surface area contributed by atoms with Gasteiger partial charge in [0.05, 0.1) is 6.61 Å². The summed E-state index contributed by atoms with van der Waals surface area (Å²) >= 11 is 0. The lowest BCUT2D eigenvalue weighted by molar-refractivity contribution is -0.129. The molecule has 0 bridgehead atoms. The molecule has 1 N–H and O–H groups in total. The Morgan fingerprint density at radius 3 is 2.33 bits per heavy atom. The quantitative estimate of drug-likeness (QED) is 0.736. The lowest BCUT2D eigenvalue weighted by atomic mass is 9.86. The third-order valence-corrected chi connectivity index (χ3v) is 4.69. The van der Waals surface area contributed by atoms with Gasteiger partial charge in [-0.3, -0.25) is 4.79 Å². The summed E-state index contributed by atoms with van der Waals surface area (Å²) in [4.78, 5) is 13.9. The molecule has 2 saturated carbocycles. The number of carbonyl (C=O) groups is 1. The molecule has 102 valence electrons. The number of aliphatic hydroxyl groups excluding tert-OH is 1. The first-order valence-electron chi connectivity index (χ1n) is 7.05. The van der Waals surface area contributed by atoms with E-state index in [1.165, 1.54) is 31.8 Å². The first-order chi connectivity index (χ1) is 8.52. The predicted octanol–water partition coefficient (Wildman–Crippen LogP) is 2.35. The largest absolute Gasteiger partial charge is 0.396 e. The van der Waals surface area contributed by atoms with Crippen LogP contribution in [-0.4, -0.2) is 35.6 Å². The Hall–Kier alpha value is -0.830. The number of rotatable bonds is 6. The maximum atomic E-state index is 12.0. The van der Waals surface area contributed by atoms with Gasteiger partial charge in [-0.1, -0.05) is 26.3 Å². The van der Waals surface area contributed by atoms with Gasteiger partial charge in [0.2, 0.25) is 5.91 Å². The maximum absolute atomic E-state index is 12.0. The Labute approximate surface area is 110 Å². The average molecular weight is 251 g/mol. The summed E-state index contributed by atoms with van der Waals surface area (Å²) in [5, 5.41) is 9.67. The second-order valence-corrected chi connectivity index (χ2v) is 6.57. The smallest absolute Gasteiger partial charge is 0.245 e. The van der Waals surface area contributed by atoms with Gasteiger partial charge in [-0.25, -0.2) is 0 Å². The van der Waals surface area contributed by atoms with Crippen LogP contribution in [0.15, 0.2) is 12.7 Å². The molecule has 1 amide bonds. The van der Waals surface area contributed by atoms with E-state index in [-0.39, 0.29) is 17.9 Å². The van der Waals surface area contributed by atoms with Crippen molar-refractivity contribution < 1.29 is 9.90 Å². The van der Waals surface area contributed by atoms with E-state index in [1.807, 2.05) is 4.90 Å². The van der Waals surface area contributed by atoms with E-state index in [0.717, 1.165) is 19.4 Å². The molecule has 0 radical (unpaired) electrons. The first kappa shape index (κ1) is 13.6. The summed E-state index contributed by atoms with van der Waals surface area (Å²) in [5.74, 6) is 0.0165. The van der Waals surface area contributed by atoms with Crippen molar-refractivity contribution in [3.05, 3.63) is 12.7 Å². The van der Waals surface area contributed by atoms with Crippen molar-refractivity contribution in [2.24, 2.45) is 10.8 Å². The number of hydrogen-bond donors (Lipinski definition) is 1. The number of nitrogens with zero attached hydrogens (tertiary/aromatic N) is 1. The van der Waals surface area contributed by atoms with Crippen molar-refractivity contribution in [1.82, 2.24) is 4.90 Å². The van der Waals surface area contributed by atoms with Crippen LogP contribution in [0, 0.1) is 10.8 Å². The molecular weight excluding hydrogens is 226 g/mol. The van der Waals surface area contributed by atoms with Gasteiger partial charge in [0.25, 0.3) is 0 Å². The maximum Gasteiger partial charge on any atom is 0.245 e. The monoisotopic (exact) mass is 251 g/mol. The van der Waals surface area contributed by atoms with Crippen molar-refractivity contribution in [1.29, 1.82) is 0 Å². The standard InChI is InChI=1S/C15H25NO2/c1-3-13(18)16(10-14(2)8-9-14)11-15(12-17)6-4-5-7-15/h3,17H,1,4-12H2,2H3. The minimum absolute atomic E-state index is 0.0165. The molecule has 2 aliphatic rings. The van der Waals surface area contributed by atoms with Crippen LogP contribution in [0.2, 0.25) is 0 Å². The molecule has 18 heavy (non-hydrogen) atoms. The summed E-state index contributed by atoms with van der Waals surface area (Å²) in [5.41, 5.74) is 0.262. The normalized spacial score (nSPS) is 23.7. The van der Waals surface area contributed by atoms with Gasteiger partial charge < -0.3 is 10.0 Å². The molecule has 0 aromatic rings. The van der Waals surface area contributed by atoms with Crippen LogP contribution < -0.4 is 0 Å². The second kappa shape index (κ2) is 5.04. The molecule has 2 fully saturated rings. The predicted molar refractivity (Wildman–Crippen MR) is 72.1 cm³/mol. The molecule has 0 unspecified atom stereocenters. The van der Waals surface area contributed by atoms with Crippen LogP contribution in [-0.2, 0) is 4.79 Å². The number of hydrogen-bond acceptors (Lipinski definition) is 2. The molecule has 2 aliphatic carbocycles. The van der Waals surface area contributed by atoms with Gasteiger partial charge in [-0.15, -0.1) is 0 Å². The van der Waals surface area contributed by atoms with Crippen LogP contribution in [0.4, 0.5) is 0 Å². The SMILES string of the molecule is C=CC(=O)N(CC1(C)CC1)CC1(CO)CCCC1. The van der Waals surface area contributed by atoms with E-state index in [1.54, 1.807) is 0 Å². The van der Waals surface area contributed by atoms with Crippen molar-refractivity contribution >= 4 is 5.91 Å². The Morgan fingerprint density at radius 2 is 1.89 bits per heavy atom. The summed E-state index contributed by atoms with van der Waals surface area (Å²) in [6, 6.07) is 0. The van der Waals surface area contributed by atoms with Crippen LogP contribution in [0.1, 0.15) is 45.4 Å². The molecule has 3 nitrogen and oxygen atoms in total. The summed E-state index contributed by atoms with van der Waals surface area (Å²) in [6.07, 6.45) is 8.26. The minimum Gasteiger partial charge on any atom is -0.396 e. The molecule has 2 rings (SSSR count). The second-order valence-electron chi connectivity index (χ2n) is 6.57. The van der Waals surface area contributed by atoms with Crippen molar-refractivity contribution in [2.75, 3.05) is 19.7 Å². The average Bonchev–Trinajstić information content (AvgIpc) is 2.92. The van der Waals surface area contributed by atoms with Gasteiger partial charge >= 0.3 is 0 Å². The highest BCUT2D eigenvalue weighted by atomic mass is 16.3. The van der Waals surface area contributed by atoms with E-state index in [4.69, 9.17) is 0 Å². The highest BCUT2D eigenvalue weighted by Crippen LogP contribution is 2.46. The number of aliphatic hydroxyl groups is 1. The lowest BCUT2D eigenvalue weighted by Crippen LogP contribution is -2.43. The van der Waals surface area contributed by atoms with Gasteiger partial charge in [-0.05, 0) is 37.2 Å². The Balaban J connectivity index is 2.03. The zero-order chi connectivity index (χ0) is 13.2. The molecule has 3 heteroatoms. The van der Waals surface area contributed by atoms with Crippen LogP contribution in [0.25, 0.3) is 0 Å². The fraction of sp³-hybridized carbons (Fsp3) is 0.800. The van der Waals surface area contributed by atoms with E-state index in [9.17, 15) is 9.90 Å².